The second-order valence-corrected chi connectivity index (χ2v) is 14.9. The van der Waals surface area contributed by atoms with Crippen LogP contribution in [-0.4, -0.2) is 89.5 Å². The minimum absolute atomic E-state index is 0.102. The van der Waals surface area contributed by atoms with Gasteiger partial charge in [-0.05, 0) is 89.8 Å². The van der Waals surface area contributed by atoms with Crippen LogP contribution < -0.4 is 15.1 Å². The predicted molar refractivity (Wildman–Crippen MR) is 184 cm³/mol. The first-order valence-electron chi connectivity index (χ1n) is 17.7. The van der Waals surface area contributed by atoms with Gasteiger partial charge in [0.15, 0.2) is 23.2 Å². The van der Waals surface area contributed by atoms with Crippen LogP contribution in [0.15, 0.2) is 24.4 Å². The molecular weight excluding hydrogens is 626 g/mol. The molecule has 3 saturated heterocycles. The molecule has 3 fully saturated rings. The van der Waals surface area contributed by atoms with Crippen molar-refractivity contribution in [2.45, 2.75) is 103 Å². The van der Waals surface area contributed by atoms with E-state index in [2.05, 4.69) is 21.2 Å². The quantitative estimate of drug-likeness (QED) is 0.345. The van der Waals surface area contributed by atoms with E-state index in [-0.39, 0.29) is 36.2 Å². The number of nitrogens with zero attached hydrogens (tertiary/aromatic N) is 6. The Kier molecular flexibility index (Phi) is 9.16. The van der Waals surface area contributed by atoms with Crippen LogP contribution in [0.25, 0.3) is 11.2 Å². The molecule has 0 bridgehead atoms. The summed E-state index contributed by atoms with van der Waals surface area (Å²) in [7, 11) is 1.43. The van der Waals surface area contributed by atoms with Crippen molar-refractivity contribution in [3.05, 3.63) is 35.5 Å². The molecule has 0 aliphatic carbocycles. The lowest BCUT2D eigenvalue weighted by Crippen LogP contribution is -2.55. The molecular formula is C36H49N7O6. The van der Waals surface area contributed by atoms with E-state index < -0.39 is 11.7 Å². The molecule has 7 rings (SSSR count). The summed E-state index contributed by atoms with van der Waals surface area (Å²) in [6.07, 6.45) is 7.81. The zero-order valence-corrected chi connectivity index (χ0v) is 29.4. The largest absolute Gasteiger partial charge is 0.469 e. The first-order chi connectivity index (χ1) is 23.5. The number of esters is 1. The van der Waals surface area contributed by atoms with Gasteiger partial charge in [-0.2, -0.15) is 0 Å². The molecule has 6 heterocycles. The van der Waals surface area contributed by atoms with Crippen molar-refractivity contribution in [1.29, 1.82) is 0 Å². The lowest BCUT2D eigenvalue weighted by Gasteiger charge is -2.42. The Hall–Kier alpha value is -3.97. The average Bonchev–Trinajstić information content (AvgIpc) is 3.61. The van der Waals surface area contributed by atoms with Gasteiger partial charge in [0.25, 0.3) is 0 Å². The number of anilines is 3. The summed E-state index contributed by atoms with van der Waals surface area (Å²) < 4.78 is 24.9. The van der Waals surface area contributed by atoms with Gasteiger partial charge in [0, 0.05) is 37.3 Å². The summed E-state index contributed by atoms with van der Waals surface area (Å²) >= 11 is 0. The molecule has 3 atom stereocenters. The standard InChI is InChI=1S/C36H49N7O6/c1-23-31(39-34(45)49-35(2,3)4)36(22-48-23)14-17-41(18-15-36)27-21-37-30-32(38-27)43(28-13-6-7-19-47-28)40-33(30)42-16-9-11-25-24(20-29(44)46-5)10-8-12-26(25)42/h8,10,12,21,23,28,31H,6-7,9,11,13-20,22H2,1-5H3,(H,39,45)/t23-,28?,31+/m0/s1. The number of aromatic nitrogens is 4. The Balaban J connectivity index is 1.17. The van der Waals surface area contributed by atoms with Crippen LogP contribution in [0.3, 0.4) is 0 Å². The maximum Gasteiger partial charge on any atom is 0.407 e. The Bertz CT molecular complexity index is 1690. The number of ether oxygens (including phenoxy) is 4. The van der Waals surface area contributed by atoms with Crippen molar-refractivity contribution >= 4 is 40.5 Å². The fourth-order valence-electron chi connectivity index (χ4n) is 7.97. The first-order valence-corrected chi connectivity index (χ1v) is 17.7. The number of amides is 1. The van der Waals surface area contributed by atoms with Crippen LogP contribution >= 0.6 is 0 Å². The number of piperidine rings is 1. The van der Waals surface area contributed by atoms with E-state index >= 15 is 0 Å². The molecule has 13 heteroatoms. The average molecular weight is 676 g/mol. The van der Waals surface area contributed by atoms with Gasteiger partial charge in [-0.15, -0.1) is 5.10 Å². The van der Waals surface area contributed by atoms with Crippen LogP contribution in [0, 0.1) is 5.41 Å². The van der Waals surface area contributed by atoms with Gasteiger partial charge in [0.2, 0.25) is 0 Å². The van der Waals surface area contributed by atoms with Crippen LogP contribution in [0.4, 0.5) is 22.1 Å². The zero-order valence-electron chi connectivity index (χ0n) is 29.4. The second kappa shape index (κ2) is 13.4. The smallest absolute Gasteiger partial charge is 0.407 e. The normalized spacial score (nSPS) is 23.8. The number of hydrogen-bond donors (Lipinski definition) is 1. The number of nitrogens with one attached hydrogen (secondary N) is 1. The lowest BCUT2D eigenvalue weighted by molar-refractivity contribution is -0.139. The highest BCUT2D eigenvalue weighted by Gasteiger charge is 2.50. The van der Waals surface area contributed by atoms with E-state index in [1.165, 1.54) is 7.11 Å². The SMILES string of the molecule is COC(=O)Cc1cccc2c1CCCN2c1nn(C2CCCCO2)c2nc(N3CCC4(CC3)CO[C@@H](C)[C@H]4NC(=O)OC(C)(C)C)cnc12. The fourth-order valence-corrected chi connectivity index (χ4v) is 7.97. The summed E-state index contributed by atoms with van der Waals surface area (Å²) in [6, 6.07) is 5.97. The number of benzene rings is 1. The number of carbonyl (C=O) groups is 2. The fraction of sp³-hybridized carbons (Fsp3) is 0.639. The molecule has 1 N–H and O–H groups in total. The zero-order chi connectivity index (χ0) is 34.3. The molecule has 0 saturated carbocycles. The van der Waals surface area contributed by atoms with Crippen LogP contribution in [0.2, 0.25) is 0 Å². The number of carbonyl (C=O) groups excluding carboxylic acids is 2. The topological polar surface area (TPSA) is 133 Å². The molecule has 1 amide bonds. The van der Waals surface area contributed by atoms with Crippen molar-refractivity contribution in [2.75, 3.05) is 49.8 Å². The summed E-state index contributed by atoms with van der Waals surface area (Å²) in [6.45, 7) is 11.2. The number of alkyl carbamates (subject to hydrolysis) is 1. The molecule has 4 aliphatic heterocycles. The maximum atomic E-state index is 12.8. The Morgan fingerprint density at radius 3 is 2.65 bits per heavy atom. The third kappa shape index (κ3) is 6.66. The van der Waals surface area contributed by atoms with E-state index in [0.717, 1.165) is 98.5 Å². The highest BCUT2D eigenvalue weighted by Crippen LogP contribution is 2.44. The second-order valence-electron chi connectivity index (χ2n) is 14.9. The Morgan fingerprint density at radius 2 is 1.92 bits per heavy atom. The molecule has 2 aromatic heterocycles. The summed E-state index contributed by atoms with van der Waals surface area (Å²) in [5.74, 6) is 1.31. The molecule has 49 heavy (non-hydrogen) atoms. The Labute approximate surface area is 287 Å². The Morgan fingerprint density at radius 1 is 1.10 bits per heavy atom. The van der Waals surface area contributed by atoms with E-state index in [0.29, 0.717) is 18.9 Å². The molecule has 264 valence electrons. The summed E-state index contributed by atoms with van der Waals surface area (Å²) in [4.78, 5) is 39.7. The van der Waals surface area contributed by atoms with Gasteiger partial charge >= 0.3 is 12.1 Å². The van der Waals surface area contributed by atoms with Gasteiger partial charge in [0.05, 0.1) is 38.5 Å². The summed E-state index contributed by atoms with van der Waals surface area (Å²) in [5, 5.41) is 8.31. The first kappa shape index (κ1) is 33.5. The monoisotopic (exact) mass is 675 g/mol. The number of rotatable bonds is 6. The van der Waals surface area contributed by atoms with Gasteiger partial charge in [-0.1, -0.05) is 12.1 Å². The van der Waals surface area contributed by atoms with Gasteiger partial charge in [0.1, 0.15) is 11.4 Å². The molecule has 1 unspecified atom stereocenters. The van der Waals surface area contributed by atoms with Gasteiger partial charge in [-0.25, -0.2) is 19.4 Å². The summed E-state index contributed by atoms with van der Waals surface area (Å²) in [5.41, 5.74) is 3.86. The van der Waals surface area contributed by atoms with Crippen molar-refractivity contribution in [2.24, 2.45) is 5.41 Å². The van der Waals surface area contributed by atoms with E-state index in [1.807, 2.05) is 50.7 Å². The van der Waals surface area contributed by atoms with Crippen molar-refractivity contribution in [1.82, 2.24) is 25.1 Å². The predicted octanol–water partition coefficient (Wildman–Crippen LogP) is 5.22. The highest BCUT2D eigenvalue weighted by atomic mass is 16.6. The van der Waals surface area contributed by atoms with Crippen molar-refractivity contribution in [3.8, 4) is 0 Å². The van der Waals surface area contributed by atoms with E-state index in [4.69, 9.17) is 34.0 Å². The lowest BCUT2D eigenvalue weighted by atomic mass is 9.73. The molecule has 0 radical (unpaired) electrons. The van der Waals surface area contributed by atoms with E-state index in [1.54, 1.807) is 0 Å². The van der Waals surface area contributed by atoms with Crippen LogP contribution in [0.1, 0.15) is 83.6 Å². The number of fused-ring (bicyclic) bond motifs is 2. The number of hydrogen-bond acceptors (Lipinski definition) is 11. The van der Waals surface area contributed by atoms with Crippen LogP contribution in [-0.2, 0) is 36.6 Å². The van der Waals surface area contributed by atoms with Crippen molar-refractivity contribution in [3.63, 3.8) is 0 Å². The highest BCUT2D eigenvalue weighted by molar-refractivity contribution is 5.89. The minimum Gasteiger partial charge on any atom is -0.469 e. The third-order valence-electron chi connectivity index (χ3n) is 10.5. The molecule has 1 spiro atoms. The van der Waals surface area contributed by atoms with Gasteiger partial charge < -0.3 is 34.1 Å². The minimum atomic E-state index is -0.569. The van der Waals surface area contributed by atoms with E-state index in [9.17, 15) is 9.59 Å². The third-order valence-corrected chi connectivity index (χ3v) is 10.5. The molecule has 4 aliphatic rings. The maximum absolute atomic E-state index is 12.8. The van der Waals surface area contributed by atoms with Gasteiger partial charge in [-0.3, -0.25) is 4.79 Å². The number of methoxy groups -OCH3 is 1. The molecule has 13 nitrogen and oxygen atoms in total. The van der Waals surface area contributed by atoms with Crippen molar-refractivity contribution < 1.29 is 28.5 Å². The molecule has 3 aromatic rings. The molecule has 1 aromatic carbocycles. The van der Waals surface area contributed by atoms with Crippen LogP contribution in [0.5, 0.6) is 0 Å².